The fraction of sp³-hybridized carbons (Fsp3) is 0.600. The Labute approximate surface area is 100 Å². The Kier molecular flexibility index (Phi) is 3.10. The van der Waals surface area contributed by atoms with E-state index in [4.69, 9.17) is 13.3 Å². The van der Waals surface area contributed by atoms with E-state index in [0.29, 0.717) is 19.8 Å². The van der Waals surface area contributed by atoms with Crippen LogP contribution >= 0.6 is 11.3 Å². The molecule has 0 radical (unpaired) electrons. The molecule has 0 unspecified atom stereocenters. The summed E-state index contributed by atoms with van der Waals surface area (Å²) in [4.78, 5) is 2.32. The van der Waals surface area contributed by atoms with Crippen LogP contribution < -0.4 is 5.19 Å². The maximum atomic E-state index is 5.95. The molecule has 0 saturated carbocycles. The molecule has 0 N–H and O–H groups in total. The van der Waals surface area contributed by atoms with E-state index in [-0.39, 0.29) is 0 Å². The molecule has 16 heavy (non-hydrogen) atoms. The maximum Gasteiger partial charge on any atom is 0.538 e. The standard InChI is InChI=1S/C10H15NO3SSi/c1-8-15-9-10(1)16-12-5-2-11(3-6-13-16)4-7-14-16/h1,8-9H,2-7H2. The van der Waals surface area contributed by atoms with Gasteiger partial charge >= 0.3 is 8.80 Å². The fourth-order valence-electron chi connectivity index (χ4n) is 2.08. The minimum atomic E-state index is -2.57. The molecule has 4 heterocycles. The summed E-state index contributed by atoms with van der Waals surface area (Å²) in [5.41, 5.74) is 0. The molecule has 6 heteroatoms. The van der Waals surface area contributed by atoms with Gasteiger partial charge in [0, 0.05) is 24.8 Å². The smallest absolute Gasteiger partial charge is 0.369 e. The molecular formula is C10H15NO3SSi. The number of rotatable bonds is 1. The SMILES string of the molecule is c1cc([Si]23OCCN(CCO2)CCO3)cs1. The first-order chi connectivity index (χ1) is 7.89. The zero-order valence-electron chi connectivity index (χ0n) is 9.05. The van der Waals surface area contributed by atoms with Crippen LogP contribution in [0.2, 0.25) is 0 Å². The van der Waals surface area contributed by atoms with Gasteiger partial charge in [0.05, 0.1) is 19.8 Å². The van der Waals surface area contributed by atoms with E-state index in [0.717, 1.165) is 24.8 Å². The summed E-state index contributed by atoms with van der Waals surface area (Å²) in [6.45, 7) is 5.11. The van der Waals surface area contributed by atoms with Crippen LogP contribution in [-0.2, 0) is 13.3 Å². The highest BCUT2D eigenvalue weighted by molar-refractivity contribution is 7.09. The Morgan fingerprint density at radius 1 is 1.06 bits per heavy atom. The highest BCUT2D eigenvalue weighted by Gasteiger charge is 2.46. The molecular weight excluding hydrogens is 242 g/mol. The normalized spacial score (nSPS) is 35.4. The quantitative estimate of drug-likeness (QED) is 0.676. The van der Waals surface area contributed by atoms with Crippen molar-refractivity contribution in [3.05, 3.63) is 16.8 Å². The van der Waals surface area contributed by atoms with Crippen molar-refractivity contribution in [2.24, 2.45) is 0 Å². The lowest BCUT2D eigenvalue weighted by Gasteiger charge is -2.37. The Bertz CT molecular complexity index is 319. The molecule has 88 valence electrons. The maximum absolute atomic E-state index is 5.95. The molecule has 1 aromatic heterocycles. The van der Waals surface area contributed by atoms with Crippen molar-refractivity contribution in [3.8, 4) is 0 Å². The molecule has 2 bridgehead atoms. The zero-order valence-corrected chi connectivity index (χ0v) is 10.9. The first-order valence-corrected chi connectivity index (χ1v) is 8.23. The Hall–Kier alpha value is -0.243. The lowest BCUT2D eigenvalue weighted by Crippen LogP contribution is -2.61. The first-order valence-electron chi connectivity index (χ1n) is 5.56. The molecule has 3 saturated heterocycles. The summed E-state index contributed by atoms with van der Waals surface area (Å²) in [7, 11) is -2.57. The minimum absolute atomic E-state index is 0.710. The molecule has 3 fully saturated rings. The molecule has 1 aromatic rings. The topological polar surface area (TPSA) is 30.9 Å². The largest absolute Gasteiger partial charge is 0.538 e. The molecule has 0 aliphatic carbocycles. The lowest BCUT2D eigenvalue weighted by atomic mass is 10.4. The number of fused-ring (bicyclic) bond motifs is 6. The van der Waals surface area contributed by atoms with Crippen LogP contribution in [0, 0.1) is 0 Å². The van der Waals surface area contributed by atoms with Gasteiger partial charge in [0.15, 0.2) is 0 Å². The van der Waals surface area contributed by atoms with Crippen LogP contribution in [0.5, 0.6) is 0 Å². The van der Waals surface area contributed by atoms with Crippen molar-refractivity contribution in [3.63, 3.8) is 0 Å². The number of hydrogen-bond donors (Lipinski definition) is 0. The predicted molar refractivity (Wildman–Crippen MR) is 64.0 cm³/mol. The van der Waals surface area contributed by atoms with Gasteiger partial charge in [0.1, 0.15) is 0 Å². The molecule has 0 spiro atoms. The van der Waals surface area contributed by atoms with Crippen LogP contribution in [-0.4, -0.2) is 53.2 Å². The summed E-state index contributed by atoms with van der Waals surface area (Å²) < 4.78 is 17.8. The zero-order chi connectivity index (χ0) is 10.8. The molecule has 3 aliphatic rings. The number of thiophene rings is 1. The van der Waals surface area contributed by atoms with Crippen LogP contribution in [0.3, 0.4) is 0 Å². The van der Waals surface area contributed by atoms with E-state index in [2.05, 4.69) is 21.7 Å². The second-order valence-electron chi connectivity index (χ2n) is 3.96. The Morgan fingerprint density at radius 2 is 1.69 bits per heavy atom. The predicted octanol–water partition coefficient (Wildman–Crippen LogP) is 0.273. The Morgan fingerprint density at radius 3 is 2.19 bits per heavy atom. The Balaban J connectivity index is 1.90. The molecule has 0 amide bonds. The molecule has 4 rings (SSSR count). The molecule has 3 aliphatic heterocycles. The van der Waals surface area contributed by atoms with E-state index in [1.807, 2.05) is 0 Å². The lowest BCUT2D eigenvalue weighted by molar-refractivity contribution is 0.00146. The summed E-state index contributed by atoms with van der Waals surface area (Å²) in [6.07, 6.45) is 0. The van der Waals surface area contributed by atoms with Gasteiger partial charge in [0.2, 0.25) is 0 Å². The molecule has 4 nitrogen and oxygen atoms in total. The average Bonchev–Trinajstić information content (AvgIpc) is 2.68. The van der Waals surface area contributed by atoms with E-state index < -0.39 is 8.80 Å². The van der Waals surface area contributed by atoms with Crippen LogP contribution in [0.25, 0.3) is 0 Å². The van der Waals surface area contributed by atoms with Gasteiger partial charge in [-0.25, -0.2) is 0 Å². The van der Waals surface area contributed by atoms with Crippen LogP contribution in [0.1, 0.15) is 0 Å². The van der Waals surface area contributed by atoms with Crippen LogP contribution in [0.4, 0.5) is 0 Å². The van der Waals surface area contributed by atoms with Gasteiger partial charge in [-0.2, -0.15) is 11.3 Å². The highest BCUT2D eigenvalue weighted by atomic mass is 32.1. The van der Waals surface area contributed by atoms with Gasteiger partial charge in [-0.15, -0.1) is 0 Å². The van der Waals surface area contributed by atoms with E-state index in [9.17, 15) is 0 Å². The second kappa shape index (κ2) is 4.56. The molecule has 0 atom stereocenters. The second-order valence-corrected chi connectivity index (χ2v) is 7.29. The average molecular weight is 257 g/mol. The van der Waals surface area contributed by atoms with Crippen molar-refractivity contribution in [1.29, 1.82) is 0 Å². The third kappa shape index (κ3) is 1.96. The van der Waals surface area contributed by atoms with Gasteiger partial charge in [-0.1, -0.05) is 0 Å². The van der Waals surface area contributed by atoms with E-state index in [1.165, 1.54) is 0 Å². The van der Waals surface area contributed by atoms with Gasteiger partial charge in [0.25, 0.3) is 0 Å². The number of hydrogen-bond acceptors (Lipinski definition) is 5. The van der Waals surface area contributed by atoms with Crippen molar-refractivity contribution >= 4 is 25.3 Å². The van der Waals surface area contributed by atoms with Crippen molar-refractivity contribution in [2.75, 3.05) is 39.5 Å². The first kappa shape index (κ1) is 10.9. The summed E-state index contributed by atoms with van der Waals surface area (Å²) >= 11 is 1.67. The molecule has 0 aromatic carbocycles. The third-order valence-electron chi connectivity index (χ3n) is 2.97. The summed E-state index contributed by atoms with van der Waals surface area (Å²) in [6, 6.07) is 2.07. The third-order valence-corrected chi connectivity index (χ3v) is 6.64. The highest BCUT2D eigenvalue weighted by Crippen LogP contribution is 2.17. The van der Waals surface area contributed by atoms with Gasteiger partial charge in [-0.3, -0.25) is 4.90 Å². The van der Waals surface area contributed by atoms with Crippen LogP contribution in [0.15, 0.2) is 16.8 Å². The van der Waals surface area contributed by atoms with E-state index >= 15 is 0 Å². The van der Waals surface area contributed by atoms with Gasteiger partial charge < -0.3 is 13.3 Å². The van der Waals surface area contributed by atoms with Gasteiger partial charge in [-0.05, 0) is 16.8 Å². The van der Waals surface area contributed by atoms with E-state index in [1.54, 1.807) is 11.3 Å². The number of nitrogens with zero attached hydrogens (tertiary/aromatic N) is 1. The monoisotopic (exact) mass is 257 g/mol. The summed E-state index contributed by atoms with van der Waals surface area (Å²) in [5.74, 6) is 0. The fourth-order valence-corrected chi connectivity index (χ4v) is 5.63. The van der Waals surface area contributed by atoms with Crippen molar-refractivity contribution < 1.29 is 13.3 Å². The summed E-state index contributed by atoms with van der Waals surface area (Å²) in [5, 5.41) is 5.26. The minimum Gasteiger partial charge on any atom is -0.369 e. The van der Waals surface area contributed by atoms with Crippen molar-refractivity contribution in [1.82, 2.24) is 4.90 Å². The van der Waals surface area contributed by atoms with Crippen molar-refractivity contribution in [2.45, 2.75) is 0 Å².